The molecule has 0 bridgehead atoms. The minimum Gasteiger partial charge on any atom is -0.496 e. The number of ether oxygens (including phenoxy) is 3. The zero-order valence-electron chi connectivity index (χ0n) is 11.1. The van der Waals surface area contributed by atoms with Gasteiger partial charge in [0.25, 0.3) is 0 Å². The number of carbonyl (C=O) groups excluding carboxylic acids is 2. The van der Waals surface area contributed by atoms with Gasteiger partial charge in [-0.2, -0.15) is 0 Å². The van der Waals surface area contributed by atoms with E-state index in [1.807, 2.05) is 0 Å². The SMILES string of the molecule is COc1cccc(N)c1C(=O)OCC(=O)OC(C)C. The molecule has 1 rings (SSSR count). The van der Waals surface area contributed by atoms with Crippen molar-refractivity contribution in [3.05, 3.63) is 23.8 Å². The first-order valence-corrected chi connectivity index (χ1v) is 5.74. The maximum absolute atomic E-state index is 11.8. The van der Waals surface area contributed by atoms with E-state index in [4.69, 9.17) is 19.9 Å². The van der Waals surface area contributed by atoms with E-state index in [2.05, 4.69) is 0 Å². The Bertz CT molecular complexity index is 470. The van der Waals surface area contributed by atoms with Crippen molar-refractivity contribution in [1.82, 2.24) is 0 Å². The Balaban J connectivity index is 2.71. The molecule has 0 aliphatic rings. The van der Waals surface area contributed by atoms with Gasteiger partial charge in [0.15, 0.2) is 6.61 Å². The minimum absolute atomic E-state index is 0.0994. The van der Waals surface area contributed by atoms with Crippen LogP contribution in [-0.2, 0) is 14.3 Å². The molecule has 1 aromatic rings. The standard InChI is InChI=1S/C13H17NO5/c1-8(2)19-11(15)7-18-13(16)12-9(14)5-4-6-10(12)17-3/h4-6,8H,7,14H2,1-3H3. The Morgan fingerprint density at radius 3 is 2.58 bits per heavy atom. The summed E-state index contributed by atoms with van der Waals surface area (Å²) < 4.78 is 14.7. The number of anilines is 1. The molecule has 0 amide bonds. The summed E-state index contributed by atoms with van der Waals surface area (Å²) in [5.74, 6) is -1.05. The predicted octanol–water partition coefficient (Wildman–Crippen LogP) is 1.39. The molecule has 0 aliphatic heterocycles. The number of hydrogen-bond donors (Lipinski definition) is 1. The summed E-state index contributed by atoms with van der Waals surface area (Å²) in [7, 11) is 1.42. The van der Waals surface area contributed by atoms with Crippen LogP contribution in [-0.4, -0.2) is 31.8 Å². The van der Waals surface area contributed by atoms with E-state index in [0.717, 1.165) is 0 Å². The molecule has 2 N–H and O–H groups in total. The van der Waals surface area contributed by atoms with Crippen molar-refractivity contribution in [2.45, 2.75) is 20.0 Å². The molecule has 0 spiro atoms. The summed E-state index contributed by atoms with van der Waals surface area (Å²) in [6.45, 7) is 2.95. The van der Waals surface area contributed by atoms with Gasteiger partial charge in [0, 0.05) is 5.69 Å². The van der Waals surface area contributed by atoms with Crippen molar-refractivity contribution in [3.63, 3.8) is 0 Å². The molecule has 0 aliphatic carbocycles. The second kappa shape index (κ2) is 6.63. The number of nitrogen functional groups attached to an aromatic ring is 1. The van der Waals surface area contributed by atoms with E-state index in [-0.39, 0.29) is 17.4 Å². The normalized spacial score (nSPS) is 10.1. The molecule has 0 radical (unpaired) electrons. The summed E-state index contributed by atoms with van der Waals surface area (Å²) in [5, 5.41) is 0. The van der Waals surface area contributed by atoms with Gasteiger partial charge in [0.1, 0.15) is 11.3 Å². The molecule has 0 heterocycles. The minimum atomic E-state index is -0.726. The first-order valence-electron chi connectivity index (χ1n) is 5.74. The van der Waals surface area contributed by atoms with Gasteiger partial charge in [0.2, 0.25) is 0 Å². The third-order valence-corrected chi connectivity index (χ3v) is 2.17. The highest BCUT2D eigenvalue weighted by atomic mass is 16.6. The highest BCUT2D eigenvalue weighted by molar-refractivity contribution is 5.98. The fraction of sp³-hybridized carbons (Fsp3) is 0.385. The molecule has 6 heteroatoms. The third kappa shape index (κ3) is 4.17. The zero-order chi connectivity index (χ0) is 14.4. The highest BCUT2D eigenvalue weighted by Gasteiger charge is 2.19. The lowest BCUT2D eigenvalue weighted by molar-refractivity contribution is -0.150. The van der Waals surface area contributed by atoms with Crippen molar-refractivity contribution < 1.29 is 23.8 Å². The Hall–Kier alpha value is -2.24. The van der Waals surface area contributed by atoms with Crippen molar-refractivity contribution in [2.75, 3.05) is 19.5 Å². The number of rotatable bonds is 5. The van der Waals surface area contributed by atoms with Crippen molar-refractivity contribution in [3.8, 4) is 5.75 Å². The first kappa shape index (κ1) is 14.8. The lowest BCUT2D eigenvalue weighted by Gasteiger charge is -2.11. The summed E-state index contributed by atoms with van der Waals surface area (Å²) in [6.07, 6.45) is -0.262. The van der Waals surface area contributed by atoms with Crippen LogP contribution in [0, 0.1) is 0 Å². The zero-order valence-corrected chi connectivity index (χ0v) is 11.1. The van der Waals surface area contributed by atoms with Crippen LogP contribution in [0.5, 0.6) is 5.75 Å². The third-order valence-electron chi connectivity index (χ3n) is 2.17. The first-order chi connectivity index (χ1) is 8.95. The molecule has 0 aromatic heterocycles. The van der Waals surface area contributed by atoms with Crippen LogP contribution < -0.4 is 10.5 Å². The number of nitrogens with two attached hydrogens (primary N) is 1. The van der Waals surface area contributed by atoms with Crippen LogP contribution in [0.15, 0.2) is 18.2 Å². The number of benzene rings is 1. The van der Waals surface area contributed by atoms with Crippen LogP contribution >= 0.6 is 0 Å². The monoisotopic (exact) mass is 267 g/mol. The molecular formula is C13H17NO5. The Morgan fingerprint density at radius 2 is 2.00 bits per heavy atom. The lowest BCUT2D eigenvalue weighted by atomic mass is 10.1. The molecule has 19 heavy (non-hydrogen) atoms. The van der Waals surface area contributed by atoms with Crippen LogP contribution in [0.25, 0.3) is 0 Å². The maximum atomic E-state index is 11.8. The Kier molecular flexibility index (Phi) is 5.17. The van der Waals surface area contributed by atoms with Gasteiger partial charge >= 0.3 is 11.9 Å². The number of hydrogen-bond acceptors (Lipinski definition) is 6. The van der Waals surface area contributed by atoms with Crippen molar-refractivity contribution in [2.24, 2.45) is 0 Å². The van der Waals surface area contributed by atoms with Crippen LogP contribution in [0.4, 0.5) is 5.69 Å². The summed E-state index contributed by atoms with van der Waals surface area (Å²) >= 11 is 0. The maximum Gasteiger partial charge on any atom is 0.344 e. The number of methoxy groups -OCH3 is 1. The molecule has 0 fully saturated rings. The largest absolute Gasteiger partial charge is 0.496 e. The van der Waals surface area contributed by atoms with E-state index in [9.17, 15) is 9.59 Å². The fourth-order valence-electron chi connectivity index (χ4n) is 1.43. The molecule has 0 saturated heterocycles. The van der Waals surface area contributed by atoms with Gasteiger partial charge in [-0.3, -0.25) is 0 Å². The molecular weight excluding hydrogens is 250 g/mol. The van der Waals surface area contributed by atoms with Crippen LogP contribution in [0.2, 0.25) is 0 Å². The highest BCUT2D eigenvalue weighted by Crippen LogP contribution is 2.24. The van der Waals surface area contributed by atoms with Crippen molar-refractivity contribution in [1.29, 1.82) is 0 Å². The number of esters is 2. The molecule has 1 aromatic carbocycles. The summed E-state index contributed by atoms with van der Waals surface area (Å²) in [5.41, 5.74) is 6.01. The van der Waals surface area contributed by atoms with E-state index >= 15 is 0 Å². The van der Waals surface area contributed by atoms with E-state index in [0.29, 0.717) is 5.75 Å². The molecule has 6 nitrogen and oxygen atoms in total. The van der Waals surface area contributed by atoms with Crippen LogP contribution in [0.1, 0.15) is 24.2 Å². The molecule has 0 saturated carbocycles. The lowest BCUT2D eigenvalue weighted by Crippen LogP contribution is -2.20. The summed E-state index contributed by atoms with van der Waals surface area (Å²) in [6, 6.07) is 4.78. The van der Waals surface area contributed by atoms with Gasteiger partial charge in [-0.15, -0.1) is 0 Å². The van der Waals surface area contributed by atoms with Gasteiger partial charge < -0.3 is 19.9 Å². The average molecular weight is 267 g/mol. The Morgan fingerprint density at radius 1 is 1.32 bits per heavy atom. The smallest absolute Gasteiger partial charge is 0.344 e. The molecule has 0 unspecified atom stereocenters. The van der Waals surface area contributed by atoms with Crippen LogP contribution in [0.3, 0.4) is 0 Å². The molecule has 104 valence electrons. The second-order valence-corrected chi connectivity index (χ2v) is 4.04. The second-order valence-electron chi connectivity index (χ2n) is 4.04. The van der Waals surface area contributed by atoms with Crippen molar-refractivity contribution >= 4 is 17.6 Å². The Labute approximate surface area is 111 Å². The van der Waals surface area contributed by atoms with E-state index in [1.165, 1.54) is 7.11 Å². The number of carbonyl (C=O) groups is 2. The van der Waals surface area contributed by atoms with Gasteiger partial charge in [0.05, 0.1) is 13.2 Å². The van der Waals surface area contributed by atoms with E-state index < -0.39 is 18.5 Å². The quantitative estimate of drug-likeness (QED) is 0.640. The molecule has 0 atom stereocenters. The van der Waals surface area contributed by atoms with Gasteiger partial charge in [-0.1, -0.05) is 6.07 Å². The topological polar surface area (TPSA) is 87.9 Å². The predicted molar refractivity (Wildman–Crippen MR) is 68.9 cm³/mol. The van der Waals surface area contributed by atoms with Gasteiger partial charge in [-0.05, 0) is 26.0 Å². The fourth-order valence-corrected chi connectivity index (χ4v) is 1.43. The van der Waals surface area contributed by atoms with E-state index in [1.54, 1.807) is 32.0 Å². The average Bonchev–Trinajstić information content (AvgIpc) is 2.34. The summed E-state index contributed by atoms with van der Waals surface area (Å²) in [4.78, 5) is 23.1. The van der Waals surface area contributed by atoms with Gasteiger partial charge in [-0.25, -0.2) is 9.59 Å².